The van der Waals surface area contributed by atoms with E-state index in [0.717, 1.165) is 13.0 Å². The Morgan fingerprint density at radius 3 is 1.22 bits per heavy atom. The maximum absolute atomic E-state index is 6.15. The van der Waals surface area contributed by atoms with Crippen LogP contribution in [0.4, 0.5) is 0 Å². The van der Waals surface area contributed by atoms with Gasteiger partial charge >= 0.3 is 0 Å². The van der Waals surface area contributed by atoms with Gasteiger partial charge in [0.25, 0.3) is 0 Å². The lowest BCUT2D eigenvalue weighted by Gasteiger charge is -2.48. The summed E-state index contributed by atoms with van der Waals surface area (Å²) >= 11 is 0. The molecule has 1 unspecified atom stereocenters. The van der Waals surface area contributed by atoms with Gasteiger partial charge in [-0.05, 0) is 46.1 Å². The topological polar surface area (TPSA) is 78.1 Å². The van der Waals surface area contributed by atoms with Gasteiger partial charge in [-0.25, -0.2) is 0 Å². The fourth-order valence-corrected chi connectivity index (χ4v) is 0.967. The lowest BCUT2D eigenvalue weighted by Crippen LogP contribution is -2.67. The van der Waals surface area contributed by atoms with E-state index >= 15 is 0 Å². The summed E-state index contributed by atoms with van der Waals surface area (Å²) in [7, 11) is 0. The molecule has 0 saturated carbocycles. The Labute approximate surface area is 115 Å². The molecule has 0 aromatic rings. The van der Waals surface area contributed by atoms with Gasteiger partial charge in [0, 0.05) is 11.1 Å². The molecule has 0 radical (unpaired) electrons. The van der Waals surface area contributed by atoms with Crippen molar-refractivity contribution in [3.8, 4) is 0 Å². The number of rotatable bonds is 2. The highest BCUT2D eigenvalue weighted by Crippen LogP contribution is 2.34. The van der Waals surface area contributed by atoms with Crippen molar-refractivity contribution < 1.29 is 0 Å². The summed E-state index contributed by atoms with van der Waals surface area (Å²) in [5.74, 6) is 0. The molecule has 0 aromatic heterocycles. The van der Waals surface area contributed by atoms with Crippen LogP contribution in [0.2, 0.25) is 0 Å². The summed E-state index contributed by atoms with van der Waals surface area (Å²) in [4.78, 5) is 0. The lowest BCUT2D eigenvalue weighted by atomic mass is 9.66. The molecule has 1 atom stereocenters. The minimum atomic E-state index is -0.347. The van der Waals surface area contributed by atoms with E-state index in [1.165, 1.54) is 0 Å². The van der Waals surface area contributed by atoms with E-state index in [1.54, 1.807) is 6.08 Å². The Hall–Kier alpha value is -0.380. The first-order chi connectivity index (χ1) is 7.83. The molecule has 0 rings (SSSR count). The van der Waals surface area contributed by atoms with Crippen molar-refractivity contribution in [1.29, 1.82) is 0 Å². The molecule has 0 heterocycles. The second-order valence-electron chi connectivity index (χ2n) is 6.37. The van der Waals surface area contributed by atoms with Crippen LogP contribution in [-0.2, 0) is 0 Å². The number of nitrogens with two attached hydrogens (primary N) is 3. The normalized spacial score (nSPS) is 14.4. The number of hydrogen-bond donors (Lipinski definition) is 3. The molecule has 6 N–H and O–H groups in total. The number of allylic oxidation sites excluding steroid dienone is 1. The van der Waals surface area contributed by atoms with Crippen molar-refractivity contribution in [3.63, 3.8) is 0 Å². The second kappa shape index (κ2) is 9.54. The first-order valence-electron chi connectivity index (χ1n) is 6.68. The summed E-state index contributed by atoms with van der Waals surface area (Å²) in [5.41, 5.74) is 16.5. The molecule has 0 fully saturated rings. The Balaban J connectivity index is -0.000000266. The molecule has 3 heteroatoms. The zero-order valence-electron chi connectivity index (χ0n) is 13.9. The van der Waals surface area contributed by atoms with Crippen molar-refractivity contribution >= 4 is 0 Å². The van der Waals surface area contributed by atoms with Crippen molar-refractivity contribution in [3.05, 3.63) is 12.7 Å². The highest BCUT2D eigenvalue weighted by molar-refractivity contribution is 5.05. The molecule has 0 spiro atoms. The van der Waals surface area contributed by atoms with E-state index in [0.29, 0.717) is 0 Å². The van der Waals surface area contributed by atoms with Crippen molar-refractivity contribution in [2.75, 3.05) is 6.54 Å². The third kappa shape index (κ3) is 9.63. The Bertz CT molecular complexity index is 177. The molecular formula is C15H37N3. The average molecular weight is 259 g/mol. The minimum Gasteiger partial charge on any atom is -0.330 e. The molecule has 0 aliphatic heterocycles. The van der Waals surface area contributed by atoms with Crippen LogP contribution in [0.3, 0.4) is 0 Å². The lowest BCUT2D eigenvalue weighted by molar-refractivity contribution is 0.124. The van der Waals surface area contributed by atoms with Crippen molar-refractivity contribution in [2.45, 2.75) is 72.9 Å². The van der Waals surface area contributed by atoms with Crippen LogP contribution in [0.15, 0.2) is 12.7 Å². The van der Waals surface area contributed by atoms with Crippen LogP contribution in [0.25, 0.3) is 0 Å². The van der Waals surface area contributed by atoms with Crippen molar-refractivity contribution in [1.82, 2.24) is 0 Å². The van der Waals surface area contributed by atoms with Crippen LogP contribution in [0.5, 0.6) is 0 Å². The van der Waals surface area contributed by atoms with Crippen LogP contribution in [0.1, 0.15) is 61.8 Å². The van der Waals surface area contributed by atoms with E-state index in [4.69, 9.17) is 17.2 Å². The van der Waals surface area contributed by atoms with Gasteiger partial charge in [-0.3, -0.25) is 0 Å². The van der Waals surface area contributed by atoms with Gasteiger partial charge in [-0.1, -0.05) is 33.8 Å². The Kier molecular flexibility index (Phi) is 12.1. The van der Waals surface area contributed by atoms with Crippen molar-refractivity contribution in [2.24, 2.45) is 22.6 Å². The largest absolute Gasteiger partial charge is 0.330 e. The number of hydrogen-bond acceptors (Lipinski definition) is 3. The van der Waals surface area contributed by atoms with Crippen LogP contribution < -0.4 is 17.2 Å². The van der Waals surface area contributed by atoms with Gasteiger partial charge in [0.15, 0.2) is 0 Å². The Morgan fingerprint density at radius 2 is 1.22 bits per heavy atom. The predicted octanol–water partition coefficient (Wildman–Crippen LogP) is 3.03. The quantitative estimate of drug-likeness (QED) is 0.667. The zero-order chi connectivity index (χ0) is 15.6. The predicted molar refractivity (Wildman–Crippen MR) is 85.5 cm³/mol. The monoisotopic (exact) mass is 259 g/mol. The third-order valence-corrected chi connectivity index (χ3v) is 3.19. The van der Waals surface area contributed by atoms with Gasteiger partial charge in [0.05, 0.1) is 0 Å². The summed E-state index contributed by atoms with van der Waals surface area (Å²) in [6.45, 7) is 20.4. The van der Waals surface area contributed by atoms with Crippen LogP contribution in [-0.4, -0.2) is 17.6 Å². The molecule has 0 amide bonds. The molecule has 3 nitrogen and oxygen atoms in total. The van der Waals surface area contributed by atoms with Gasteiger partial charge in [0.2, 0.25) is 0 Å². The fourth-order valence-electron chi connectivity index (χ4n) is 0.967. The molecule has 18 heavy (non-hydrogen) atoms. The van der Waals surface area contributed by atoms with Gasteiger partial charge in [0.1, 0.15) is 0 Å². The van der Waals surface area contributed by atoms with E-state index in [9.17, 15) is 0 Å². The molecule has 0 bridgehead atoms. The third-order valence-electron chi connectivity index (χ3n) is 3.19. The minimum absolute atomic E-state index is 0.0330. The second-order valence-corrected chi connectivity index (χ2v) is 6.37. The highest BCUT2D eigenvalue weighted by Gasteiger charge is 2.43. The first-order valence-corrected chi connectivity index (χ1v) is 6.68. The molecule has 0 saturated heterocycles. The molecule has 0 aliphatic carbocycles. The van der Waals surface area contributed by atoms with E-state index in [1.807, 2.05) is 27.7 Å². The van der Waals surface area contributed by atoms with Gasteiger partial charge < -0.3 is 17.2 Å². The fraction of sp³-hybridized carbons (Fsp3) is 0.867. The van der Waals surface area contributed by atoms with E-state index < -0.39 is 0 Å². The standard InChI is InChI=1S/C9H22N2.C3H9N.C3H6/c1-7(2,3)9(6,11)8(4,5)10;1-2-3-4;1-3-2/h10-11H2,1-6H3;2-4H2,1H3;3H,1H2,2H3. The highest BCUT2D eigenvalue weighted by atomic mass is 14.9. The summed E-state index contributed by atoms with van der Waals surface area (Å²) in [6, 6.07) is 0. The molecule has 0 aliphatic rings. The summed E-state index contributed by atoms with van der Waals surface area (Å²) in [5, 5.41) is 0. The Morgan fingerprint density at radius 1 is 1.00 bits per heavy atom. The molecule has 0 aromatic carbocycles. The summed E-state index contributed by atoms with van der Waals surface area (Å²) in [6.07, 6.45) is 2.85. The molecule has 112 valence electrons. The van der Waals surface area contributed by atoms with Crippen LogP contribution >= 0.6 is 0 Å². The average Bonchev–Trinajstić information content (AvgIpc) is 2.16. The maximum Gasteiger partial charge on any atom is 0.0351 e. The van der Waals surface area contributed by atoms with Gasteiger partial charge in [-0.2, -0.15) is 0 Å². The SMILES string of the molecule is C=CC.CC(C)(C)C(C)(N)C(C)(C)N.CCCN. The van der Waals surface area contributed by atoms with E-state index in [2.05, 4.69) is 34.3 Å². The smallest absolute Gasteiger partial charge is 0.0351 e. The maximum atomic E-state index is 6.15. The molecular weight excluding hydrogens is 222 g/mol. The first kappa shape index (κ1) is 22.8. The summed E-state index contributed by atoms with van der Waals surface area (Å²) < 4.78 is 0. The zero-order valence-corrected chi connectivity index (χ0v) is 13.9. The van der Waals surface area contributed by atoms with Gasteiger partial charge in [-0.15, -0.1) is 6.58 Å². The van der Waals surface area contributed by atoms with Crippen LogP contribution in [0, 0.1) is 5.41 Å². The van der Waals surface area contributed by atoms with E-state index in [-0.39, 0.29) is 16.5 Å².